The number of rotatable bonds is 6. The lowest BCUT2D eigenvalue weighted by Crippen LogP contribution is -2.43. The molecule has 2 aromatic rings. The molecule has 3 rings (SSSR count). The molecule has 0 atom stereocenters. The van der Waals surface area contributed by atoms with E-state index in [9.17, 15) is 18.0 Å². The minimum absolute atomic E-state index is 0.0273. The molecular formula is C21H22N4O5S. The van der Waals surface area contributed by atoms with E-state index < -0.39 is 10.0 Å². The Labute approximate surface area is 180 Å². The van der Waals surface area contributed by atoms with Crippen molar-refractivity contribution < 1.29 is 22.7 Å². The van der Waals surface area contributed by atoms with Crippen molar-refractivity contribution in [2.75, 3.05) is 25.0 Å². The maximum atomic E-state index is 12.5. The molecule has 0 radical (unpaired) electrons. The van der Waals surface area contributed by atoms with Crippen LogP contribution in [0.4, 0.5) is 5.69 Å². The first-order chi connectivity index (χ1) is 14.8. The first-order valence-corrected chi connectivity index (χ1v) is 11.2. The third kappa shape index (κ3) is 6.04. The third-order valence-corrected chi connectivity index (χ3v) is 5.94. The van der Waals surface area contributed by atoms with Gasteiger partial charge in [0.2, 0.25) is 15.9 Å². The van der Waals surface area contributed by atoms with E-state index in [0.717, 1.165) is 0 Å². The summed E-state index contributed by atoms with van der Waals surface area (Å²) >= 11 is 0. The quantitative estimate of drug-likeness (QED) is 0.693. The molecular weight excluding hydrogens is 420 g/mol. The Kier molecular flexibility index (Phi) is 6.89. The summed E-state index contributed by atoms with van der Waals surface area (Å²) < 4.78 is 28.1. The summed E-state index contributed by atoms with van der Waals surface area (Å²) in [5.41, 5.74) is 0.992. The second kappa shape index (κ2) is 9.59. The monoisotopic (exact) mass is 442 g/mol. The van der Waals surface area contributed by atoms with E-state index in [1.54, 1.807) is 29.2 Å². The number of sulfonamides is 1. The van der Waals surface area contributed by atoms with Gasteiger partial charge in [-0.2, -0.15) is 5.26 Å². The van der Waals surface area contributed by atoms with Gasteiger partial charge in [0.25, 0.3) is 5.91 Å². The second-order valence-corrected chi connectivity index (χ2v) is 8.70. The Morgan fingerprint density at radius 1 is 1.10 bits per heavy atom. The first kappa shape index (κ1) is 22.3. The molecule has 1 saturated heterocycles. The molecule has 2 aromatic carbocycles. The summed E-state index contributed by atoms with van der Waals surface area (Å²) in [6.07, 6.45) is 1.04. The molecule has 162 valence electrons. The maximum absolute atomic E-state index is 12.5. The Morgan fingerprint density at radius 3 is 2.26 bits per heavy atom. The van der Waals surface area contributed by atoms with Gasteiger partial charge in [-0.05, 0) is 61.4 Å². The van der Waals surface area contributed by atoms with Gasteiger partial charge in [0.05, 0.1) is 16.5 Å². The van der Waals surface area contributed by atoms with Crippen LogP contribution in [0, 0.1) is 17.2 Å². The summed E-state index contributed by atoms with van der Waals surface area (Å²) in [4.78, 5) is 26.5. The number of ether oxygens (including phenoxy) is 1. The first-order valence-electron chi connectivity index (χ1n) is 9.61. The number of piperidine rings is 1. The maximum Gasteiger partial charge on any atom is 0.260 e. The van der Waals surface area contributed by atoms with Crippen LogP contribution < -0.4 is 15.2 Å². The molecule has 10 heteroatoms. The van der Waals surface area contributed by atoms with Crippen molar-refractivity contribution in [3.05, 3.63) is 54.1 Å². The average Bonchev–Trinajstić information content (AvgIpc) is 2.77. The van der Waals surface area contributed by atoms with Gasteiger partial charge in [-0.1, -0.05) is 0 Å². The fraction of sp³-hybridized carbons (Fsp3) is 0.286. The number of benzene rings is 2. The average molecular weight is 442 g/mol. The fourth-order valence-corrected chi connectivity index (χ4v) is 3.74. The van der Waals surface area contributed by atoms with Crippen molar-refractivity contribution in [3.63, 3.8) is 0 Å². The molecule has 31 heavy (non-hydrogen) atoms. The smallest absolute Gasteiger partial charge is 0.260 e. The lowest BCUT2D eigenvalue weighted by molar-refractivity contribution is -0.136. The number of hydrogen-bond acceptors (Lipinski definition) is 6. The zero-order valence-corrected chi connectivity index (χ0v) is 17.5. The largest absolute Gasteiger partial charge is 0.484 e. The fourth-order valence-electron chi connectivity index (χ4n) is 3.23. The van der Waals surface area contributed by atoms with Crippen LogP contribution in [0.15, 0.2) is 53.4 Å². The summed E-state index contributed by atoms with van der Waals surface area (Å²) in [6.45, 7) is 0.773. The molecule has 0 bridgehead atoms. The van der Waals surface area contributed by atoms with Gasteiger partial charge >= 0.3 is 0 Å². The number of carbonyl (C=O) groups is 2. The summed E-state index contributed by atoms with van der Waals surface area (Å²) in [7, 11) is -3.78. The van der Waals surface area contributed by atoms with Gasteiger partial charge in [0.1, 0.15) is 5.75 Å². The summed E-state index contributed by atoms with van der Waals surface area (Å²) in [5.74, 6) is -0.0810. The topological polar surface area (TPSA) is 143 Å². The van der Waals surface area contributed by atoms with Crippen molar-refractivity contribution in [3.8, 4) is 11.8 Å². The minimum atomic E-state index is -3.78. The number of likely N-dealkylation sites (tertiary alicyclic amines) is 1. The number of nitrogens with zero attached hydrogens (tertiary/aromatic N) is 2. The zero-order valence-electron chi connectivity index (χ0n) is 16.7. The van der Waals surface area contributed by atoms with E-state index in [-0.39, 0.29) is 29.2 Å². The van der Waals surface area contributed by atoms with Gasteiger partial charge in [0, 0.05) is 24.7 Å². The molecule has 0 saturated carbocycles. The number of hydrogen-bond donors (Lipinski definition) is 2. The summed E-state index contributed by atoms with van der Waals surface area (Å²) in [5, 5.41) is 16.6. The molecule has 1 heterocycles. The Hall–Kier alpha value is -3.42. The highest BCUT2D eigenvalue weighted by molar-refractivity contribution is 7.89. The highest BCUT2D eigenvalue weighted by atomic mass is 32.2. The summed E-state index contributed by atoms with van der Waals surface area (Å²) in [6, 6.07) is 14.2. The lowest BCUT2D eigenvalue weighted by atomic mass is 9.95. The van der Waals surface area contributed by atoms with Crippen molar-refractivity contribution in [1.29, 1.82) is 5.26 Å². The van der Waals surface area contributed by atoms with E-state index in [4.69, 9.17) is 15.1 Å². The third-order valence-electron chi connectivity index (χ3n) is 5.01. The molecule has 0 aliphatic carbocycles. The van der Waals surface area contributed by atoms with Crippen LogP contribution in [0.25, 0.3) is 0 Å². The number of nitrogens with one attached hydrogen (secondary N) is 1. The number of nitriles is 1. The van der Waals surface area contributed by atoms with E-state index in [2.05, 4.69) is 5.32 Å². The van der Waals surface area contributed by atoms with Crippen LogP contribution in [0.5, 0.6) is 5.75 Å². The van der Waals surface area contributed by atoms with Gasteiger partial charge in [-0.25, -0.2) is 13.6 Å². The molecule has 3 N–H and O–H groups in total. The number of carbonyl (C=O) groups excluding carboxylic acids is 2. The van der Waals surface area contributed by atoms with E-state index in [0.29, 0.717) is 42.9 Å². The number of primary sulfonamides is 1. The van der Waals surface area contributed by atoms with Gasteiger partial charge in [-0.15, -0.1) is 0 Å². The van der Waals surface area contributed by atoms with Crippen LogP contribution in [-0.4, -0.2) is 44.8 Å². The van der Waals surface area contributed by atoms with Gasteiger partial charge in [0.15, 0.2) is 6.61 Å². The molecule has 2 amide bonds. The van der Waals surface area contributed by atoms with E-state index >= 15 is 0 Å². The van der Waals surface area contributed by atoms with Crippen molar-refractivity contribution in [2.45, 2.75) is 17.7 Å². The number of nitrogens with two attached hydrogens (primary N) is 1. The predicted octanol–water partition coefficient (Wildman–Crippen LogP) is 1.46. The van der Waals surface area contributed by atoms with Crippen LogP contribution in [0.2, 0.25) is 0 Å². The Morgan fingerprint density at radius 2 is 1.71 bits per heavy atom. The minimum Gasteiger partial charge on any atom is -0.484 e. The molecule has 1 aliphatic rings. The number of amides is 2. The highest BCUT2D eigenvalue weighted by Gasteiger charge is 2.27. The van der Waals surface area contributed by atoms with Crippen molar-refractivity contribution >= 4 is 27.5 Å². The second-order valence-electron chi connectivity index (χ2n) is 7.14. The number of anilines is 1. The van der Waals surface area contributed by atoms with Gasteiger partial charge < -0.3 is 15.0 Å². The Balaban J connectivity index is 1.45. The molecule has 0 aromatic heterocycles. The van der Waals surface area contributed by atoms with Crippen LogP contribution >= 0.6 is 0 Å². The van der Waals surface area contributed by atoms with Crippen LogP contribution in [0.3, 0.4) is 0 Å². The zero-order chi connectivity index (χ0) is 22.4. The van der Waals surface area contributed by atoms with Crippen LogP contribution in [-0.2, 0) is 19.6 Å². The van der Waals surface area contributed by atoms with Crippen molar-refractivity contribution in [2.24, 2.45) is 11.1 Å². The lowest BCUT2D eigenvalue weighted by Gasteiger charge is -2.31. The van der Waals surface area contributed by atoms with E-state index in [1.165, 1.54) is 24.3 Å². The molecule has 1 aliphatic heterocycles. The molecule has 0 spiro atoms. The van der Waals surface area contributed by atoms with Crippen LogP contribution in [0.1, 0.15) is 18.4 Å². The molecule has 0 unspecified atom stereocenters. The van der Waals surface area contributed by atoms with Gasteiger partial charge in [-0.3, -0.25) is 9.59 Å². The SMILES string of the molecule is N#Cc1ccc(OCC(=O)N2CCC(C(=O)Nc3ccc(S(N)(=O)=O)cc3)CC2)cc1. The van der Waals surface area contributed by atoms with Crippen molar-refractivity contribution in [1.82, 2.24) is 4.90 Å². The Bertz CT molecular complexity index is 1080. The molecule has 1 fully saturated rings. The van der Waals surface area contributed by atoms with E-state index in [1.807, 2.05) is 6.07 Å². The standard InChI is InChI=1S/C21H22N4O5S/c22-13-15-1-5-18(6-2-15)30-14-20(26)25-11-9-16(10-12-25)21(27)24-17-3-7-19(8-4-17)31(23,28)29/h1-8,16H,9-12,14H2,(H,24,27)(H2,23,28,29). The highest BCUT2D eigenvalue weighted by Crippen LogP contribution is 2.21. The predicted molar refractivity (Wildman–Crippen MR) is 112 cm³/mol. The molecule has 9 nitrogen and oxygen atoms in total. The normalized spacial score (nSPS) is 14.5.